The van der Waals surface area contributed by atoms with Gasteiger partial charge in [0.1, 0.15) is 11.5 Å². The van der Waals surface area contributed by atoms with Gasteiger partial charge in [-0.1, -0.05) is 53.7 Å². The fourth-order valence-electron chi connectivity index (χ4n) is 3.23. The van der Waals surface area contributed by atoms with E-state index in [-0.39, 0.29) is 40.2 Å². The molecular formula is C24H31N3O5. The van der Waals surface area contributed by atoms with Gasteiger partial charge in [-0.05, 0) is 40.0 Å². The highest BCUT2D eigenvalue weighted by Gasteiger charge is 2.26. The van der Waals surface area contributed by atoms with E-state index >= 15 is 0 Å². The normalized spacial score (nSPS) is 12.2. The van der Waals surface area contributed by atoms with Gasteiger partial charge in [0.15, 0.2) is 0 Å². The Morgan fingerprint density at radius 2 is 1.62 bits per heavy atom. The summed E-state index contributed by atoms with van der Waals surface area (Å²) < 4.78 is 0. The first-order valence-electron chi connectivity index (χ1n) is 10.4. The van der Waals surface area contributed by atoms with Crippen LogP contribution in [0.2, 0.25) is 0 Å². The van der Waals surface area contributed by atoms with Crippen LogP contribution in [0.4, 0.5) is 5.69 Å². The summed E-state index contributed by atoms with van der Waals surface area (Å²) in [7, 11) is 0. The van der Waals surface area contributed by atoms with Crippen LogP contribution < -0.4 is 5.43 Å². The third-order valence-electron chi connectivity index (χ3n) is 5.04. The molecule has 0 aliphatic carbocycles. The Morgan fingerprint density at radius 3 is 2.12 bits per heavy atom. The highest BCUT2D eigenvalue weighted by Crippen LogP contribution is 2.40. The molecule has 3 N–H and O–H groups in total. The number of hydrogen-bond donors (Lipinski definition) is 3. The maximum atomic E-state index is 12.3. The fourth-order valence-corrected chi connectivity index (χ4v) is 3.23. The first-order valence-corrected chi connectivity index (χ1v) is 10.4. The molecule has 0 spiro atoms. The van der Waals surface area contributed by atoms with Crippen LogP contribution in [0.1, 0.15) is 70.2 Å². The third kappa shape index (κ3) is 6.29. The van der Waals surface area contributed by atoms with E-state index in [1.807, 2.05) is 53.7 Å². The van der Waals surface area contributed by atoms with Crippen LogP contribution in [0.15, 0.2) is 35.4 Å². The standard InChI is InChI=1S/C24H31N3O5/c1-23(2,3)18-11-15(12-19(22(18)30)24(4,5)6)7-10-21(29)26-25-14-16-13-17(27(31)32)8-9-20(16)28/h8-9,11-14,28,30H,7,10H2,1-6H3,(H,26,29)/b25-14-. The number of non-ortho nitro benzene ring substituents is 1. The van der Waals surface area contributed by atoms with Crippen molar-refractivity contribution in [2.75, 3.05) is 0 Å². The Bertz CT molecular complexity index is 1010. The number of amides is 1. The zero-order chi connectivity index (χ0) is 24.3. The molecular weight excluding hydrogens is 410 g/mol. The first kappa shape index (κ1) is 24.8. The van der Waals surface area contributed by atoms with Gasteiger partial charge in [0.05, 0.1) is 11.1 Å². The third-order valence-corrected chi connectivity index (χ3v) is 5.04. The predicted octanol–water partition coefficient (Wildman–Crippen LogP) is 4.68. The second kappa shape index (κ2) is 9.38. The van der Waals surface area contributed by atoms with E-state index in [9.17, 15) is 25.1 Å². The number of phenols is 2. The van der Waals surface area contributed by atoms with Crippen molar-refractivity contribution in [1.82, 2.24) is 5.43 Å². The summed E-state index contributed by atoms with van der Waals surface area (Å²) >= 11 is 0. The van der Waals surface area contributed by atoms with E-state index in [4.69, 9.17) is 0 Å². The summed E-state index contributed by atoms with van der Waals surface area (Å²) in [5.41, 5.74) is 4.41. The van der Waals surface area contributed by atoms with E-state index in [0.29, 0.717) is 12.2 Å². The number of nitrogens with zero attached hydrogens (tertiary/aromatic N) is 2. The summed E-state index contributed by atoms with van der Waals surface area (Å²) in [4.78, 5) is 22.5. The van der Waals surface area contributed by atoms with E-state index in [1.54, 1.807) is 0 Å². The van der Waals surface area contributed by atoms with Gasteiger partial charge >= 0.3 is 0 Å². The Morgan fingerprint density at radius 1 is 1.06 bits per heavy atom. The number of benzene rings is 2. The van der Waals surface area contributed by atoms with E-state index in [2.05, 4.69) is 10.5 Å². The van der Waals surface area contributed by atoms with Crippen LogP contribution in [0.25, 0.3) is 0 Å². The fraction of sp³-hybridized carbons (Fsp3) is 0.417. The van der Waals surface area contributed by atoms with Crippen molar-refractivity contribution < 1.29 is 19.9 Å². The van der Waals surface area contributed by atoms with Gasteiger partial charge in [-0.25, -0.2) is 5.43 Å². The molecule has 32 heavy (non-hydrogen) atoms. The van der Waals surface area contributed by atoms with Gasteiger partial charge in [-0.2, -0.15) is 5.10 Å². The molecule has 0 radical (unpaired) electrons. The summed E-state index contributed by atoms with van der Waals surface area (Å²) in [5.74, 6) is -0.226. The molecule has 0 aromatic heterocycles. The van der Waals surface area contributed by atoms with Crippen molar-refractivity contribution >= 4 is 17.8 Å². The molecule has 2 aromatic carbocycles. The second-order valence-corrected chi connectivity index (χ2v) is 9.83. The lowest BCUT2D eigenvalue weighted by molar-refractivity contribution is -0.384. The number of hydrazone groups is 1. The minimum Gasteiger partial charge on any atom is -0.507 e. The van der Waals surface area contributed by atoms with Gasteiger partial charge in [-0.15, -0.1) is 0 Å². The molecule has 2 aromatic rings. The molecule has 0 fully saturated rings. The summed E-state index contributed by atoms with van der Waals surface area (Å²) in [6, 6.07) is 7.42. The summed E-state index contributed by atoms with van der Waals surface area (Å²) in [5, 5.41) is 35.2. The predicted molar refractivity (Wildman–Crippen MR) is 124 cm³/mol. The minimum atomic E-state index is -0.579. The molecule has 0 saturated carbocycles. The number of nitrogens with one attached hydrogen (secondary N) is 1. The number of carbonyl (C=O) groups is 1. The van der Waals surface area contributed by atoms with Crippen molar-refractivity contribution in [2.45, 2.75) is 65.2 Å². The number of nitro groups is 1. The number of nitro benzene ring substituents is 1. The van der Waals surface area contributed by atoms with Gasteiger partial charge < -0.3 is 10.2 Å². The highest BCUT2D eigenvalue weighted by molar-refractivity contribution is 5.86. The smallest absolute Gasteiger partial charge is 0.270 e. The molecule has 1 amide bonds. The zero-order valence-electron chi connectivity index (χ0n) is 19.4. The van der Waals surface area contributed by atoms with Crippen LogP contribution >= 0.6 is 0 Å². The molecule has 0 bridgehead atoms. The van der Waals surface area contributed by atoms with Crippen molar-refractivity contribution in [2.24, 2.45) is 5.10 Å². The van der Waals surface area contributed by atoms with E-state index in [1.165, 1.54) is 18.2 Å². The van der Waals surface area contributed by atoms with Crippen molar-refractivity contribution in [3.8, 4) is 11.5 Å². The SMILES string of the molecule is CC(C)(C)c1cc(CCC(=O)N/N=C\c2cc([N+](=O)[O-])ccc2O)cc(C(C)(C)C)c1O. The largest absolute Gasteiger partial charge is 0.507 e. The Balaban J connectivity index is 2.12. The lowest BCUT2D eigenvalue weighted by Crippen LogP contribution is -2.20. The van der Waals surface area contributed by atoms with Gasteiger partial charge in [0.2, 0.25) is 5.91 Å². The average molecular weight is 442 g/mol. The Hall–Kier alpha value is -3.42. The van der Waals surface area contributed by atoms with E-state index in [0.717, 1.165) is 22.9 Å². The molecule has 8 nitrogen and oxygen atoms in total. The number of carbonyl (C=O) groups excluding carboxylic acids is 1. The lowest BCUT2D eigenvalue weighted by Gasteiger charge is -2.28. The molecule has 0 aliphatic rings. The number of aromatic hydroxyl groups is 2. The first-order chi connectivity index (χ1) is 14.7. The quantitative estimate of drug-likeness (QED) is 0.341. The molecule has 0 heterocycles. The van der Waals surface area contributed by atoms with Crippen LogP contribution in [0, 0.1) is 10.1 Å². The van der Waals surface area contributed by atoms with Crippen LogP contribution in [-0.4, -0.2) is 27.3 Å². The zero-order valence-corrected chi connectivity index (χ0v) is 19.4. The van der Waals surface area contributed by atoms with E-state index < -0.39 is 4.92 Å². The average Bonchev–Trinajstić information content (AvgIpc) is 2.66. The van der Waals surface area contributed by atoms with Crippen LogP contribution in [-0.2, 0) is 22.0 Å². The Labute approximate surface area is 188 Å². The maximum absolute atomic E-state index is 12.3. The number of rotatable bonds is 6. The van der Waals surface area contributed by atoms with Crippen molar-refractivity contribution in [1.29, 1.82) is 0 Å². The summed E-state index contributed by atoms with van der Waals surface area (Å²) in [6.07, 6.45) is 1.78. The summed E-state index contributed by atoms with van der Waals surface area (Å²) in [6.45, 7) is 12.2. The second-order valence-electron chi connectivity index (χ2n) is 9.83. The lowest BCUT2D eigenvalue weighted by atomic mass is 9.78. The number of phenolic OH excluding ortho intramolecular Hbond substituents is 2. The molecule has 0 aliphatic heterocycles. The Kier molecular flexibility index (Phi) is 7.28. The molecule has 0 saturated heterocycles. The van der Waals surface area contributed by atoms with Crippen molar-refractivity contribution in [3.05, 3.63) is 62.7 Å². The number of hydrogen-bond acceptors (Lipinski definition) is 6. The molecule has 172 valence electrons. The monoisotopic (exact) mass is 441 g/mol. The van der Waals surface area contributed by atoms with Gasteiger partial charge in [0, 0.05) is 24.1 Å². The van der Waals surface area contributed by atoms with Gasteiger partial charge in [0.25, 0.3) is 5.69 Å². The maximum Gasteiger partial charge on any atom is 0.270 e. The molecule has 8 heteroatoms. The van der Waals surface area contributed by atoms with Crippen LogP contribution in [0.5, 0.6) is 11.5 Å². The molecule has 2 rings (SSSR count). The highest BCUT2D eigenvalue weighted by atomic mass is 16.6. The topological polar surface area (TPSA) is 125 Å². The minimum absolute atomic E-state index is 0.127. The molecule has 0 atom stereocenters. The van der Waals surface area contributed by atoms with Gasteiger partial charge in [-0.3, -0.25) is 14.9 Å². The van der Waals surface area contributed by atoms with Crippen LogP contribution in [0.3, 0.4) is 0 Å². The molecule has 0 unspecified atom stereocenters. The number of aryl methyl sites for hydroxylation is 1. The van der Waals surface area contributed by atoms with Crippen molar-refractivity contribution in [3.63, 3.8) is 0 Å².